The monoisotopic (exact) mass is 333 g/mol. The van der Waals surface area contributed by atoms with E-state index in [1.807, 2.05) is 0 Å². The molecule has 1 aromatic carbocycles. The molecule has 0 atom stereocenters. The van der Waals surface area contributed by atoms with Crippen LogP contribution in [0, 0.1) is 10.1 Å². The highest BCUT2D eigenvalue weighted by molar-refractivity contribution is 7.82. The molecule has 0 saturated carbocycles. The van der Waals surface area contributed by atoms with Gasteiger partial charge in [-0.25, -0.2) is 4.18 Å². The molecule has 0 aliphatic heterocycles. The lowest BCUT2D eigenvalue weighted by Crippen LogP contribution is -2.21. The molecule has 1 rings (SSSR count). The van der Waals surface area contributed by atoms with Crippen molar-refractivity contribution in [3.63, 3.8) is 0 Å². The highest BCUT2D eigenvalue weighted by Gasteiger charge is 2.22. The number of nitro benzene ring substituents is 1. The summed E-state index contributed by atoms with van der Waals surface area (Å²) < 4.78 is 41.6. The van der Waals surface area contributed by atoms with Crippen LogP contribution in [-0.4, -0.2) is 41.0 Å². The van der Waals surface area contributed by atoms with Crippen LogP contribution in [0.3, 0.4) is 0 Å². The van der Waals surface area contributed by atoms with Crippen LogP contribution in [0.5, 0.6) is 0 Å². The third-order valence-electron chi connectivity index (χ3n) is 2.48. The summed E-state index contributed by atoms with van der Waals surface area (Å²) in [6, 6.07) is 5.37. The summed E-state index contributed by atoms with van der Waals surface area (Å²) >= 11 is 0. The van der Waals surface area contributed by atoms with Crippen molar-refractivity contribution in [3.05, 3.63) is 45.7 Å². The van der Waals surface area contributed by atoms with Crippen LogP contribution in [0.15, 0.2) is 30.0 Å². The van der Waals surface area contributed by atoms with E-state index in [1.165, 1.54) is 44.6 Å². The topological polar surface area (TPSA) is 114 Å². The van der Waals surface area contributed by atoms with Crippen molar-refractivity contribution in [1.29, 1.82) is 0 Å². The molecule has 0 aliphatic carbocycles. The van der Waals surface area contributed by atoms with E-state index in [4.69, 9.17) is 13.7 Å². The Morgan fingerprint density at radius 2 is 1.73 bits per heavy atom. The molecule has 0 fully saturated rings. The Hall–Kier alpha value is -2.01. The normalized spacial score (nSPS) is 12.5. The van der Waals surface area contributed by atoms with Gasteiger partial charge in [0.05, 0.1) is 12.0 Å². The van der Waals surface area contributed by atoms with Crippen molar-refractivity contribution < 1.29 is 31.2 Å². The minimum absolute atomic E-state index is 0.0980. The van der Waals surface area contributed by atoms with Crippen molar-refractivity contribution in [2.24, 2.45) is 0 Å². The first-order valence-corrected chi connectivity index (χ1v) is 7.18. The van der Waals surface area contributed by atoms with Crippen molar-refractivity contribution >= 4 is 22.2 Å². The molecule has 0 amide bonds. The zero-order valence-electron chi connectivity index (χ0n) is 12.1. The van der Waals surface area contributed by atoms with Crippen LogP contribution in [0.2, 0.25) is 0 Å². The quantitative estimate of drug-likeness (QED) is 0.304. The molecule has 0 bridgehead atoms. The Morgan fingerprint density at radius 3 is 2.14 bits per heavy atom. The summed E-state index contributed by atoms with van der Waals surface area (Å²) in [6.45, 7) is 0. The number of hydrogen-bond donors (Lipinski definition) is 0. The van der Waals surface area contributed by atoms with Gasteiger partial charge in [0, 0.05) is 26.4 Å². The minimum atomic E-state index is -4.26. The molecule has 0 heterocycles. The SMILES string of the molecule is COC(OC)/C(=C\c1ccc([N+](=O)[O-])cc1)OS(=O)(=O)OC. The summed E-state index contributed by atoms with van der Waals surface area (Å²) in [5.74, 6) is -0.194. The average molecular weight is 333 g/mol. The molecule has 0 aromatic heterocycles. The largest absolute Gasteiger partial charge is 0.448 e. The summed E-state index contributed by atoms with van der Waals surface area (Å²) in [5, 5.41) is 10.6. The lowest BCUT2D eigenvalue weighted by molar-refractivity contribution is -0.384. The van der Waals surface area contributed by atoms with Gasteiger partial charge in [0.25, 0.3) is 5.69 Å². The third-order valence-corrected chi connectivity index (χ3v) is 3.28. The Bertz CT molecular complexity index is 634. The van der Waals surface area contributed by atoms with E-state index in [1.54, 1.807) is 0 Å². The van der Waals surface area contributed by atoms with Gasteiger partial charge in [0.2, 0.25) is 6.29 Å². The second-order valence-electron chi connectivity index (χ2n) is 3.86. The molecule has 0 saturated heterocycles. The molecule has 0 radical (unpaired) electrons. The van der Waals surface area contributed by atoms with Crippen molar-refractivity contribution in [2.75, 3.05) is 21.3 Å². The molecule has 0 unspecified atom stereocenters. The van der Waals surface area contributed by atoms with Gasteiger partial charge in [-0.3, -0.25) is 10.1 Å². The smallest absolute Gasteiger partial charge is 0.361 e. The van der Waals surface area contributed by atoms with E-state index >= 15 is 0 Å². The Balaban J connectivity index is 3.16. The van der Waals surface area contributed by atoms with Crippen LogP contribution in [-0.2, 0) is 28.2 Å². The molecule has 0 spiro atoms. The maximum absolute atomic E-state index is 11.4. The number of rotatable bonds is 8. The number of benzene rings is 1. The van der Waals surface area contributed by atoms with Gasteiger partial charge in [-0.05, 0) is 23.8 Å². The molecule has 0 N–H and O–H groups in total. The van der Waals surface area contributed by atoms with Gasteiger partial charge in [-0.2, -0.15) is 8.42 Å². The number of nitrogens with zero attached hydrogens (tertiary/aromatic N) is 1. The number of hydrogen-bond acceptors (Lipinski definition) is 8. The standard InChI is InChI=1S/C12H15NO8S/c1-18-12(19-2)11(21-22(16,17)20-3)8-9-4-6-10(7-5-9)13(14)15/h4-8,12H,1-3H3/b11-8+. The zero-order chi connectivity index (χ0) is 16.8. The fourth-order valence-corrected chi connectivity index (χ4v) is 1.90. The molecular weight excluding hydrogens is 318 g/mol. The highest BCUT2D eigenvalue weighted by atomic mass is 32.3. The lowest BCUT2D eigenvalue weighted by Gasteiger charge is -2.17. The number of nitro groups is 1. The number of methoxy groups -OCH3 is 2. The van der Waals surface area contributed by atoms with Crippen molar-refractivity contribution in [1.82, 2.24) is 0 Å². The lowest BCUT2D eigenvalue weighted by atomic mass is 10.2. The predicted octanol–water partition coefficient (Wildman–Crippen LogP) is 1.46. The third kappa shape index (κ3) is 5.07. The summed E-state index contributed by atoms with van der Waals surface area (Å²) in [5.41, 5.74) is 0.352. The Morgan fingerprint density at radius 1 is 1.18 bits per heavy atom. The summed E-state index contributed by atoms with van der Waals surface area (Å²) in [6.07, 6.45) is 0.206. The maximum atomic E-state index is 11.4. The fourth-order valence-electron chi connectivity index (χ4n) is 1.47. The number of ether oxygens (including phenoxy) is 2. The molecule has 122 valence electrons. The van der Waals surface area contributed by atoms with Crippen LogP contribution in [0.1, 0.15) is 5.56 Å². The van der Waals surface area contributed by atoms with Crippen LogP contribution in [0.25, 0.3) is 6.08 Å². The highest BCUT2D eigenvalue weighted by Crippen LogP contribution is 2.19. The van der Waals surface area contributed by atoms with Gasteiger partial charge in [0.15, 0.2) is 5.76 Å². The molecule has 10 heteroatoms. The molecule has 1 aromatic rings. The predicted molar refractivity (Wildman–Crippen MR) is 75.9 cm³/mol. The summed E-state index contributed by atoms with van der Waals surface area (Å²) in [7, 11) is -0.740. The second-order valence-corrected chi connectivity index (χ2v) is 5.17. The molecule has 22 heavy (non-hydrogen) atoms. The Kier molecular flexibility index (Phi) is 6.43. The molecular formula is C12H15NO8S. The van der Waals surface area contributed by atoms with Crippen molar-refractivity contribution in [3.8, 4) is 0 Å². The van der Waals surface area contributed by atoms with Crippen molar-refractivity contribution in [2.45, 2.75) is 6.29 Å². The summed E-state index contributed by atoms with van der Waals surface area (Å²) in [4.78, 5) is 10.0. The van der Waals surface area contributed by atoms with E-state index < -0.39 is 21.6 Å². The van der Waals surface area contributed by atoms with E-state index in [2.05, 4.69) is 4.18 Å². The average Bonchev–Trinajstić information content (AvgIpc) is 2.48. The first-order valence-electron chi connectivity index (χ1n) is 5.84. The second kappa shape index (κ2) is 7.84. The maximum Gasteiger partial charge on any atom is 0.448 e. The number of non-ortho nitro benzene ring substituents is 1. The van der Waals surface area contributed by atoms with Gasteiger partial charge < -0.3 is 13.7 Å². The zero-order valence-corrected chi connectivity index (χ0v) is 12.9. The van der Waals surface area contributed by atoms with Gasteiger partial charge in [-0.15, -0.1) is 0 Å². The Labute approximate surface area is 127 Å². The van der Waals surface area contributed by atoms with E-state index in [0.29, 0.717) is 5.56 Å². The van der Waals surface area contributed by atoms with E-state index in [-0.39, 0.29) is 11.4 Å². The van der Waals surface area contributed by atoms with Gasteiger partial charge >= 0.3 is 10.4 Å². The van der Waals surface area contributed by atoms with Crippen LogP contribution < -0.4 is 0 Å². The minimum Gasteiger partial charge on any atom is -0.361 e. The van der Waals surface area contributed by atoms with Gasteiger partial charge in [-0.1, -0.05) is 0 Å². The fraction of sp³-hybridized carbons (Fsp3) is 0.333. The first-order chi connectivity index (χ1) is 10.3. The molecule has 9 nitrogen and oxygen atoms in total. The van der Waals surface area contributed by atoms with Crippen LogP contribution >= 0.6 is 0 Å². The van der Waals surface area contributed by atoms with E-state index in [9.17, 15) is 18.5 Å². The molecule has 0 aliphatic rings. The first kappa shape index (κ1) is 18.0. The van der Waals surface area contributed by atoms with Gasteiger partial charge in [0.1, 0.15) is 0 Å². The van der Waals surface area contributed by atoms with E-state index in [0.717, 1.165) is 7.11 Å². The van der Waals surface area contributed by atoms with Crippen LogP contribution in [0.4, 0.5) is 5.69 Å².